The molecule has 0 amide bonds. The van der Waals surface area contributed by atoms with Gasteiger partial charge < -0.3 is 0 Å². The predicted molar refractivity (Wildman–Crippen MR) is 94.3 cm³/mol. The van der Waals surface area contributed by atoms with Gasteiger partial charge in [0, 0.05) is 10.4 Å². The smallest absolute Gasteiger partial charge is 0.206 e. The Labute approximate surface area is 180 Å². The summed E-state index contributed by atoms with van der Waals surface area (Å²) in [6, 6.07) is 7.90. The first-order valence-corrected chi connectivity index (χ1v) is 8.25. The second-order valence-corrected chi connectivity index (χ2v) is 6.13. The number of hydrogen-bond acceptors (Lipinski definition) is 5. The molecule has 0 heterocycles. The van der Waals surface area contributed by atoms with Crippen LogP contribution in [0, 0.1) is 62.5 Å². The van der Waals surface area contributed by atoms with Crippen LogP contribution in [0.25, 0.3) is 11.1 Å². The Morgan fingerprint density at radius 2 is 1.21 bits per heavy atom. The van der Waals surface area contributed by atoms with E-state index in [1.165, 1.54) is 24.3 Å². The van der Waals surface area contributed by atoms with Crippen LogP contribution in [0.5, 0.6) is 0 Å². The minimum Gasteiger partial charge on any atom is -0.206 e. The zero-order chi connectivity index (χ0) is 25.1. The van der Waals surface area contributed by atoms with E-state index in [1.54, 1.807) is 0 Å². The van der Waals surface area contributed by atoms with Gasteiger partial charge in [-0.05, 0) is 29.8 Å². The molecule has 2 aromatic carbocycles. The lowest BCUT2D eigenvalue weighted by molar-refractivity contribution is -0.143. The van der Waals surface area contributed by atoms with Crippen molar-refractivity contribution in [3.8, 4) is 30.3 Å². The number of nitriles is 5. The van der Waals surface area contributed by atoms with Crippen LogP contribution in [0.3, 0.4) is 0 Å². The van der Waals surface area contributed by atoms with Gasteiger partial charge in [-0.1, -0.05) is 0 Å². The van der Waals surface area contributed by atoms with Gasteiger partial charge in [-0.2, -0.15) is 52.7 Å². The van der Waals surface area contributed by atoms with Gasteiger partial charge in [0.05, 0.1) is 33.9 Å². The third-order valence-corrected chi connectivity index (χ3v) is 4.23. The van der Waals surface area contributed by atoms with Crippen LogP contribution < -0.4 is 10.4 Å². The van der Waals surface area contributed by atoms with E-state index in [9.17, 15) is 41.3 Å². The molecule has 0 saturated carbocycles. The van der Waals surface area contributed by atoms with Crippen LogP contribution >= 0.6 is 0 Å². The highest BCUT2D eigenvalue weighted by atomic mass is 19.4. The van der Waals surface area contributed by atoms with E-state index >= 15 is 0 Å². The molecule has 0 N–H and O–H groups in total. The summed E-state index contributed by atoms with van der Waals surface area (Å²) in [4.78, 5) is 0. The minimum absolute atomic E-state index is 0.0724. The topological polar surface area (TPSA) is 119 Å². The lowest BCUT2D eigenvalue weighted by Crippen LogP contribution is -2.23. The van der Waals surface area contributed by atoms with Crippen molar-refractivity contribution in [2.75, 3.05) is 0 Å². The molecule has 0 atom stereocenters. The van der Waals surface area contributed by atoms with Gasteiger partial charge in [-0.3, -0.25) is 0 Å². The quantitative estimate of drug-likeness (QED) is 0.605. The molecule has 0 saturated heterocycles. The van der Waals surface area contributed by atoms with Crippen molar-refractivity contribution in [1.82, 2.24) is 0 Å². The largest absolute Gasteiger partial charge is 0.417 e. The monoisotopic (exact) mass is 459 g/mol. The molecule has 0 spiro atoms. The molecule has 0 unspecified atom stereocenters. The standard InChI is InChI=1S/C21H4F7N5/c22-18-4-10(13(6-30)7-31)1-12(5-29)19(18)14(8-32)11-2-16(20(23,24)25)15(9-33)17(3-11)21(26,27)28/h1-4H/b19-14-. The molecule has 0 aromatic heterocycles. The van der Waals surface area contributed by atoms with E-state index in [0.29, 0.717) is 6.07 Å². The van der Waals surface area contributed by atoms with Crippen molar-refractivity contribution in [2.45, 2.75) is 12.4 Å². The van der Waals surface area contributed by atoms with Crippen molar-refractivity contribution >= 4 is 11.1 Å². The molecule has 0 aliphatic carbocycles. The zero-order valence-corrected chi connectivity index (χ0v) is 15.7. The van der Waals surface area contributed by atoms with Gasteiger partial charge in [0.2, 0.25) is 0 Å². The lowest BCUT2D eigenvalue weighted by atomic mass is 9.92. The maximum Gasteiger partial charge on any atom is 0.417 e. The molecule has 12 heteroatoms. The molecule has 0 aliphatic rings. The maximum atomic E-state index is 14.8. The van der Waals surface area contributed by atoms with Crippen molar-refractivity contribution in [2.24, 2.45) is 0 Å². The summed E-state index contributed by atoms with van der Waals surface area (Å²) in [5.74, 6) is -1.45. The van der Waals surface area contributed by atoms with Crippen LogP contribution in [0.1, 0.15) is 27.8 Å². The Kier molecular flexibility index (Phi) is 6.44. The number of rotatable bonds is 1. The van der Waals surface area contributed by atoms with Crippen molar-refractivity contribution in [3.05, 3.63) is 68.3 Å². The fourth-order valence-electron chi connectivity index (χ4n) is 2.87. The number of hydrogen-bond donors (Lipinski definition) is 0. The van der Waals surface area contributed by atoms with Gasteiger partial charge in [0.1, 0.15) is 35.7 Å². The molecular formula is C21H4F7N5. The molecule has 162 valence electrons. The number of benzene rings is 2. The van der Waals surface area contributed by atoms with Crippen LogP contribution in [-0.2, 0) is 12.4 Å². The molecule has 33 heavy (non-hydrogen) atoms. The van der Waals surface area contributed by atoms with Crippen molar-refractivity contribution < 1.29 is 30.7 Å². The Hall–Kier alpha value is -4.86. The molecule has 0 fully saturated rings. The van der Waals surface area contributed by atoms with Crippen LogP contribution in [0.15, 0.2) is 24.3 Å². The molecule has 2 aromatic rings. The molecular weight excluding hydrogens is 455 g/mol. The molecule has 2 rings (SSSR count). The van der Waals surface area contributed by atoms with Gasteiger partial charge >= 0.3 is 12.4 Å². The first-order chi connectivity index (χ1) is 15.3. The summed E-state index contributed by atoms with van der Waals surface area (Å²) in [6.45, 7) is 0. The van der Waals surface area contributed by atoms with E-state index < -0.39 is 62.4 Å². The normalized spacial score (nSPS) is 11.8. The lowest BCUT2D eigenvalue weighted by Gasteiger charge is -2.16. The van der Waals surface area contributed by atoms with Gasteiger partial charge in [0.25, 0.3) is 0 Å². The molecule has 0 radical (unpaired) electrons. The Morgan fingerprint density at radius 1 is 0.697 bits per heavy atom. The van der Waals surface area contributed by atoms with Crippen molar-refractivity contribution in [3.63, 3.8) is 0 Å². The first kappa shape index (κ1) is 24.4. The average Bonchev–Trinajstić information content (AvgIpc) is 2.74. The fourth-order valence-corrected chi connectivity index (χ4v) is 2.87. The number of alkyl halides is 6. The van der Waals surface area contributed by atoms with Crippen LogP contribution in [0.2, 0.25) is 0 Å². The second-order valence-electron chi connectivity index (χ2n) is 6.13. The van der Waals surface area contributed by atoms with Crippen LogP contribution in [-0.4, -0.2) is 0 Å². The summed E-state index contributed by atoms with van der Waals surface area (Å²) >= 11 is 0. The van der Waals surface area contributed by atoms with E-state index in [2.05, 4.69) is 0 Å². The summed E-state index contributed by atoms with van der Waals surface area (Å²) in [7, 11) is 0. The van der Waals surface area contributed by atoms with Gasteiger partial charge in [-0.25, -0.2) is 4.39 Å². The summed E-state index contributed by atoms with van der Waals surface area (Å²) < 4.78 is 95.2. The van der Waals surface area contributed by atoms with Gasteiger partial charge in [-0.15, -0.1) is 0 Å². The minimum atomic E-state index is -5.44. The first-order valence-electron chi connectivity index (χ1n) is 8.25. The SMILES string of the molecule is N#CC(C#N)=c1cc(F)/c(=C(/C#N)c2cc(C(F)(F)F)c(C#N)c(C(F)(F)F)c2)c(C#N)c1. The van der Waals surface area contributed by atoms with E-state index in [0.717, 1.165) is 12.1 Å². The third kappa shape index (κ3) is 4.59. The van der Waals surface area contributed by atoms with E-state index in [-0.39, 0.29) is 17.4 Å². The summed E-state index contributed by atoms with van der Waals surface area (Å²) in [5.41, 5.74) is -9.24. The van der Waals surface area contributed by atoms with E-state index in [1.807, 2.05) is 0 Å². The Balaban J connectivity index is 3.21. The predicted octanol–water partition coefficient (Wildman–Crippen LogP) is 3.53. The molecule has 0 aliphatic heterocycles. The molecule has 5 nitrogen and oxygen atoms in total. The highest BCUT2D eigenvalue weighted by Crippen LogP contribution is 2.40. The summed E-state index contributed by atoms with van der Waals surface area (Å²) in [6.07, 6.45) is -10.9. The van der Waals surface area contributed by atoms with E-state index in [4.69, 9.17) is 15.8 Å². The zero-order valence-electron chi connectivity index (χ0n) is 15.7. The number of nitrogens with zero attached hydrogens (tertiary/aromatic N) is 5. The molecule has 0 bridgehead atoms. The Bertz CT molecular complexity index is 1450. The highest BCUT2D eigenvalue weighted by Gasteiger charge is 2.42. The van der Waals surface area contributed by atoms with Gasteiger partial charge in [0.15, 0.2) is 0 Å². The number of halogens is 7. The second kappa shape index (κ2) is 8.71. The average molecular weight is 459 g/mol. The maximum absolute atomic E-state index is 14.8. The van der Waals surface area contributed by atoms with Crippen molar-refractivity contribution in [1.29, 1.82) is 26.3 Å². The van der Waals surface area contributed by atoms with Crippen LogP contribution in [0.4, 0.5) is 30.7 Å². The third-order valence-electron chi connectivity index (χ3n) is 4.23. The Morgan fingerprint density at radius 3 is 1.58 bits per heavy atom. The highest BCUT2D eigenvalue weighted by molar-refractivity contribution is 5.80. The summed E-state index contributed by atoms with van der Waals surface area (Å²) in [5, 5.41) is 44.1. The fraction of sp³-hybridized carbons (Fsp3) is 0.0952.